The molecular formula is C25H28ClN5O4S. The molecule has 190 valence electrons. The van der Waals surface area contributed by atoms with E-state index >= 15 is 0 Å². The Labute approximate surface area is 215 Å². The van der Waals surface area contributed by atoms with Gasteiger partial charge in [-0.2, -0.15) is 4.98 Å². The van der Waals surface area contributed by atoms with E-state index in [2.05, 4.69) is 25.5 Å². The van der Waals surface area contributed by atoms with E-state index in [-0.39, 0.29) is 21.7 Å². The highest BCUT2D eigenvalue weighted by Crippen LogP contribution is 2.31. The van der Waals surface area contributed by atoms with Crippen LogP contribution in [0.1, 0.15) is 26.7 Å². The average Bonchev–Trinajstić information content (AvgIpc) is 2.87. The molecule has 0 aliphatic carbocycles. The van der Waals surface area contributed by atoms with Crippen molar-refractivity contribution in [3.63, 3.8) is 0 Å². The molecule has 0 amide bonds. The molecule has 0 spiro atoms. The lowest BCUT2D eigenvalue weighted by Gasteiger charge is -2.32. The average molecular weight is 530 g/mol. The Hall–Kier alpha value is -3.37. The van der Waals surface area contributed by atoms with E-state index < -0.39 is 21.1 Å². The number of hydrogen-bond donors (Lipinski definition) is 3. The smallest absolute Gasteiger partial charge is 0.306 e. The van der Waals surface area contributed by atoms with Gasteiger partial charge in [-0.1, -0.05) is 23.7 Å². The molecule has 1 aliphatic heterocycles. The minimum absolute atomic E-state index is 0.173. The summed E-state index contributed by atoms with van der Waals surface area (Å²) in [4.78, 5) is 22.2. The van der Waals surface area contributed by atoms with E-state index in [0.29, 0.717) is 37.6 Å². The number of carboxylic acids is 1. The molecule has 0 saturated carbocycles. The van der Waals surface area contributed by atoms with Gasteiger partial charge in [0.2, 0.25) is 5.95 Å². The molecular weight excluding hydrogens is 502 g/mol. The van der Waals surface area contributed by atoms with Crippen molar-refractivity contribution in [1.82, 2.24) is 9.97 Å². The number of nitrogens with zero attached hydrogens (tertiary/aromatic N) is 3. The van der Waals surface area contributed by atoms with Gasteiger partial charge in [-0.3, -0.25) is 4.79 Å². The van der Waals surface area contributed by atoms with Crippen LogP contribution in [0.2, 0.25) is 5.02 Å². The quantitative estimate of drug-likeness (QED) is 0.365. The van der Waals surface area contributed by atoms with Crippen molar-refractivity contribution in [1.29, 1.82) is 0 Å². The molecule has 36 heavy (non-hydrogen) atoms. The van der Waals surface area contributed by atoms with Crippen molar-refractivity contribution in [3.8, 4) is 0 Å². The van der Waals surface area contributed by atoms with Crippen molar-refractivity contribution >= 4 is 56.2 Å². The first-order valence-corrected chi connectivity index (χ1v) is 13.5. The Morgan fingerprint density at radius 3 is 2.39 bits per heavy atom. The molecule has 1 saturated heterocycles. The second-order valence-corrected chi connectivity index (χ2v) is 11.8. The molecule has 0 atom stereocenters. The van der Waals surface area contributed by atoms with Crippen LogP contribution in [-0.4, -0.2) is 47.8 Å². The minimum Gasteiger partial charge on any atom is -0.481 e. The molecule has 1 aliphatic rings. The normalized spacial score (nSPS) is 14.6. The Morgan fingerprint density at radius 1 is 1.08 bits per heavy atom. The van der Waals surface area contributed by atoms with E-state index in [0.717, 1.165) is 11.4 Å². The monoisotopic (exact) mass is 529 g/mol. The van der Waals surface area contributed by atoms with Crippen LogP contribution >= 0.6 is 11.6 Å². The Kier molecular flexibility index (Phi) is 7.65. The van der Waals surface area contributed by atoms with E-state index in [1.54, 1.807) is 38.1 Å². The van der Waals surface area contributed by atoms with Gasteiger partial charge in [-0.25, -0.2) is 13.4 Å². The van der Waals surface area contributed by atoms with Gasteiger partial charge in [0.25, 0.3) is 0 Å². The summed E-state index contributed by atoms with van der Waals surface area (Å²) in [5.41, 5.74) is 2.16. The molecule has 2 aromatic carbocycles. The van der Waals surface area contributed by atoms with Crippen molar-refractivity contribution in [2.45, 2.75) is 36.8 Å². The number of piperidine rings is 1. The second kappa shape index (κ2) is 10.7. The predicted molar refractivity (Wildman–Crippen MR) is 141 cm³/mol. The topological polar surface area (TPSA) is 125 Å². The first kappa shape index (κ1) is 25.7. The number of rotatable bonds is 8. The minimum atomic E-state index is -3.52. The number of nitrogens with one attached hydrogen (secondary N) is 2. The molecule has 1 fully saturated rings. The number of hydrogen-bond acceptors (Lipinski definition) is 8. The second-order valence-electron chi connectivity index (χ2n) is 8.88. The largest absolute Gasteiger partial charge is 0.481 e. The Balaban J connectivity index is 1.48. The van der Waals surface area contributed by atoms with Gasteiger partial charge in [-0.15, -0.1) is 0 Å². The number of benzene rings is 2. The number of carboxylic acid groups (broad SMARTS) is 1. The number of sulfone groups is 1. The van der Waals surface area contributed by atoms with Gasteiger partial charge in [0.15, 0.2) is 15.7 Å². The summed E-state index contributed by atoms with van der Waals surface area (Å²) in [5, 5.41) is 15.0. The third kappa shape index (κ3) is 5.71. The van der Waals surface area contributed by atoms with Crippen molar-refractivity contribution in [3.05, 3.63) is 59.8 Å². The van der Waals surface area contributed by atoms with Crippen molar-refractivity contribution in [2.24, 2.45) is 5.92 Å². The summed E-state index contributed by atoms with van der Waals surface area (Å²) in [7, 11) is -3.52. The lowest BCUT2D eigenvalue weighted by atomic mass is 9.97. The molecule has 9 nitrogen and oxygen atoms in total. The summed E-state index contributed by atoms with van der Waals surface area (Å²) < 4.78 is 25.6. The van der Waals surface area contributed by atoms with Crippen LogP contribution in [0.5, 0.6) is 0 Å². The summed E-state index contributed by atoms with van der Waals surface area (Å²) in [5.74, 6) is -0.430. The Morgan fingerprint density at radius 2 is 1.75 bits per heavy atom. The molecule has 11 heteroatoms. The highest BCUT2D eigenvalue weighted by molar-refractivity contribution is 7.92. The number of carbonyl (C=O) groups is 1. The number of para-hydroxylation sites is 1. The molecule has 1 aromatic heterocycles. The van der Waals surface area contributed by atoms with Gasteiger partial charge in [-0.05, 0) is 63.1 Å². The van der Waals surface area contributed by atoms with Crippen LogP contribution in [0.25, 0.3) is 0 Å². The lowest BCUT2D eigenvalue weighted by Crippen LogP contribution is -2.36. The molecule has 0 radical (unpaired) electrons. The maximum absolute atomic E-state index is 12.8. The number of halogens is 1. The van der Waals surface area contributed by atoms with Gasteiger partial charge < -0.3 is 20.6 Å². The molecule has 0 unspecified atom stereocenters. The fourth-order valence-corrected chi connectivity index (χ4v) is 5.32. The number of anilines is 5. The summed E-state index contributed by atoms with van der Waals surface area (Å²) in [6.07, 6.45) is 2.70. The fourth-order valence-electron chi connectivity index (χ4n) is 3.98. The van der Waals surface area contributed by atoms with Crippen LogP contribution < -0.4 is 15.5 Å². The number of aliphatic carboxylic acids is 1. The van der Waals surface area contributed by atoms with E-state index in [9.17, 15) is 18.3 Å². The zero-order valence-corrected chi connectivity index (χ0v) is 21.6. The highest BCUT2D eigenvalue weighted by atomic mass is 35.5. The SMILES string of the molecule is CC(C)S(=O)(=O)c1ccccc1Nc1nc(Nc2ccc(N3CCC(C(=O)O)CC3)cc2)ncc1Cl. The zero-order chi connectivity index (χ0) is 25.9. The molecule has 3 aromatic rings. The number of aromatic nitrogens is 2. The fraction of sp³-hybridized carbons (Fsp3) is 0.320. The van der Waals surface area contributed by atoms with Crippen LogP contribution in [-0.2, 0) is 14.6 Å². The van der Waals surface area contributed by atoms with Crippen LogP contribution in [0.4, 0.5) is 28.8 Å². The molecule has 3 N–H and O–H groups in total. The molecule has 4 rings (SSSR count). The van der Waals surface area contributed by atoms with Crippen LogP contribution in [0.3, 0.4) is 0 Å². The maximum atomic E-state index is 12.8. The molecule has 0 bridgehead atoms. The van der Waals surface area contributed by atoms with Gasteiger partial charge in [0.1, 0.15) is 5.02 Å². The van der Waals surface area contributed by atoms with Crippen LogP contribution in [0, 0.1) is 5.92 Å². The van der Waals surface area contributed by atoms with Gasteiger partial charge in [0.05, 0.1) is 27.9 Å². The summed E-state index contributed by atoms with van der Waals surface area (Å²) in [6, 6.07) is 14.4. The highest BCUT2D eigenvalue weighted by Gasteiger charge is 2.25. The van der Waals surface area contributed by atoms with Crippen molar-refractivity contribution < 1.29 is 18.3 Å². The summed E-state index contributed by atoms with van der Waals surface area (Å²) >= 11 is 6.31. The zero-order valence-electron chi connectivity index (χ0n) is 20.0. The third-order valence-electron chi connectivity index (χ3n) is 6.14. The third-order valence-corrected chi connectivity index (χ3v) is 8.63. The lowest BCUT2D eigenvalue weighted by molar-refractivity contribution is -0.142. The molecule has 2 heterocycles. The maximum Gasteiger partial charge on any atom is 0.306 e. The van der Waals surface area contributed by atoms with E-state index in [1.807, 2.05) is 24.3 Å². The predicted octanol–water partition coefficient (Wildman–Crippen LogP) is 5.10. The van der Waals surface area contributed by atoms with E-state index in [4.69, 9.17) is 11.6 Å². The summed E-state index contributed by atoms with van der Waals surface area (Å²) in [6.45, 7) is 4.67. The van der Waals surface area contributed by atoms with Gasteiger partial charge >= 0.3 is 5.97 Å². The first-order valence-electron chi connectivity index (χ1n) is 11.6. The standard InChI is InChI=1S/C25H28ClN5O4S/c1-16(2)36(34,35)22-6-4-3-5-21(22)29-23-20(26)15-27-25(30-23)28-18-7-9-19(10-8-18)31-13-11-17(12-14-31)24(32)33/h3-10,15-17H,11-14H2,1-2H3,(H,32,33)(H2,27,28,29,30). The van der Waals surface area contributed by atoms with Crippen molar-refractivity contribution in [2.75, 3.05) is 28.6 Å². The van der Waals surface area contributed by atoms with Gasteiger partial charge in [0, 0.05) is 24.5 Å². The Bertz CT molecular complexity index is 1340. The van der Waals surface area contributed by atoms with Crippen LogP contribution in [0.15, 0.2) is 59.6 Å². The first-order chi connectivity index (χ1) is 17.1. The van der Waals surface area contributed by atoms with E-state index in [1.165, 1.54) is 6.20 Å².